The summed E-state index contributed by atoms with van der Waals surface area (Å²) in [5.74, 6) is 0. The quantitative estimate of drug-likeness (QED) is 0.878. The lowest BCUT2D eigenvalue weighted by atomic mass is 10.0. The molecule has 0 aromatic heterocycles. The zero-order valence-corrected chi connectivity index (χ0v) is 14.7. The van der Waals surface area contributed by atoms with E-state index in [-0.39, 0.29) is 0 Å². The third-order valence-corrected chi connectivity index (χ3v) is 5.44. The van der Waals surface area contributed by atoms with E-state index in [9.17, 15) is 0 Å². The smallest absolute Gasteiger partial charge is 0.0510 e. The van der Waals surface area contributed by atoms with Gasteiger partial charge in [-0.25, -0.2) is 0 Å². The molecular weight excluding hydrogens is 326 g/mol. The van der Waals surface area contributed by atoms with Crippen molar-refractivity contribution in [2.45, 2.75) is 44.3 Å². The lowest BCUT2D eigenvalue weighted by molar-refractivity contribution is 0.253. The summed E-state index contributed by atoms with van der Waals surface area (Å²) in [6, 6.07) is 8.24. The first-order valence-corrected chi connectivity index (χ1v) is 8.86. The normalized spacial score (nSPS) is 20.7. The summed E-state index contributed by atoms with van der Waals surface area (Å²) >= 11 is 3.77. The summed E-state index contributed by atoms with van der Waals surface area (Å²) in [4.78, 5) is 4.88. The van der Waals surface area contributed by atoms with Gasteiger partial charge in [0.05, 0.1) is 5.69 Å². The molecule has 1 aliphatic heterocycles. The van der Waals surface area contributed by atoms with E-state index in [0.717, 1.165) is 12.6 Å². The number of anilines is 1. The third-order valence-electron chi connectivity index (χ3n) is 4.80. The molecule has 1 aromatic carbocycles. The van der Waals surface area contributed by atoms with Crippen LogP contribution in [-0.4, -0.2) is 44.2 Å². The van der Waals surface area contributed by atoms with E-state index in [2.05, 4.69) is 63.3 Å². The molecule has 1 N–H and O–H groups in total. The van der Waals surface area contributed by atoms with Gasteiger partial charge >= 0.3 is 0 Å². The molecule has 4 heteroatoms. The molecule has 1 heterocycles. The van der Waals surface area contributed by atoms with Crippen molar-refractivity contribution in [3.63, 3.8) is 0 Å². The highest BCUT2D eigenvalue weighted by Gasteiger charge is 2.22. The van der Waals surface area contributed by atoms with Gasteiger partial charge in [0.15, 0.2) is 0 Å². The molecule has 0 amide bonds. The summed E-state index contributed by atoms with van der Waals surface area (Å²) in [5, 5.41) is 3.58. The van der Waals surface area contributed by atoms with Crippen LogP contribution in [-0.2, 0) is 6.54 Å². The maximum Gasteiger partial charge on any atom is 0.0510 e. The molecule has 1 aliphatic carbocycles. The van der Waals surface area contributed by atoms with Crippen molar-refractivity contribution in [2.75, 3.05) is 32.1 Å². The van der Waals surface area contributed by atoms with Gasteiger partial charge in [0.1, 0.15) is 0 Å². The Morgan fingerprint density at radius 1 is 1.24 bits per heavy atom. The maximum atomic E-state index is 3.77. The molecule has 116 valence electrons. The van der Waals surface area contributed by atoms with E-state index in [1.807, 2.05) is 0 Å². The standard InChI is InChI=1S/C17H26BrN3/c1-20-9-7-15(8-10-20)21(2)17-6-3-13(11-16(17)18)12-19-14-4-5-14/h3,6,11,14-15,19H,4-5,7-10,12H2,1-2H3. The van der Waals surface area contributed by atoms with Crippen molar-refractivity contribution < 1.29 is 0 Å². The number of likely N-dealkylation sites (tertiary alicyclic amines) is 1. The Morgan fingerprint density at radius 3 is 2.57 bits per heavy atom. The number of benzene rings is 1. The van der Waals surface area contributed by atoms with E-state index in [1.54, 1.807) is 0 Å². The minimum absolute atomic E-state index is 0.660. The van der Waals surface area contributed by atoms with Crippen LogP contribution in [0.4, 0.5) is 5.69 Å². The lowest BCUT2D eigenvalue weighted by Gasteiger charge is -2.36. The van der Waals surface area contributed by atoms with Crippen LogP contribution >= 0.6 is 15.9 Å². The van der Waals surface area contributed by atoms with Crippen molar-refractivity contribution in [3.8, 4) is 0 Å². The van der Waals surface area contributed by atoms with Gasteiger partial charge in [-0.3, -0.25) is 0 Å². The SMILES string of the molecule is CN1CCC(N(C)c2ccc(CNC3CC3)cc2Br)CC1. The average Bonchev–Trinajstić information content (AvgIpc) is 3.29. The first-order chi connectivity index (χ1) is 10.1. The van der Waals surface area contributed by atoms with Gasteiger partial charge in [-0.05, 0) is 79.4 Å². The number of hydrogen-bond donors (Lipinski definition) is 1. The molecule has 1 saturated heterocycles. The summed E-state index contributed by atoms with van der Waals surface area (Å²) in [5.41, 5.74) is 2.69. The van der Waals surface area contributed by atoms with Gasteiger partial charge in [-0.2, -0.15) is 0 Å². The Labute approximate surface area is 136 Å². The van der Waals surface area contributed by atoms with Gasteiger partial charge in [-0.15, -0.1) is 0 Å². The Morgan fingerprint density at radius 2 is 1.95 bits per heavy atom. The van der Waals surface area contributed by atoms with Crippen LogP contribution in [0.2, 0.25) is 0 Å². The van der Waals surface area contributed by atoms with E-state index in [1.165, 1.54) is 54.5 Å². The first-order valence-electron chi connectivity index (χ1n) is 8.06. The van der Waals surface area contributed by atoms with Crippen LogP contribution in [0, 0.1) is 0 Å². The van der Waals surface area contributed by atoms with Gasteiger partial charge in [0, 0.05) is 30.1 Å². The van der Waals surface area contributed by atoms with Crippen molar-refractivity contribution in [3.05, 3.63) is 28.2 Å². The second-order valence-corrected chi connectivity index (χ2v) is 7.44. The Balaban J connectivity index is 1.63. The maximum absolute atomic E-state index is 3.77. The fourth-order valence-corrected chi connectivity index (χ4v) is 3.78. The zero-order chi connectivity index (χ0) is 14.8. The molecule has 1 aromatic rings. The molecule has 0 spiro atoms. The minimum Gasteiger partial charge on any atom is -0.371 e. The van der Waals surface area contributed by atoms with Crippen LogP contribution in [0.5, 0.6) is 0 Å². The van der Waals surface area contributed by atoms with Crippen molar-refractivity contribution in [2.24, 2.45) is 0 Å². The Bertz CT molecular complexity index is 479. The molecule has 0 unspecified atom stereocenters. The van der Waals surface area contributed by atoms with Crippen LogP contribution in [0.1, 0.15) is 31.2 Å². The molecular formula is C17H26BrN3. The van der Waals surface area contributed by atoms with Gasteiger partial charge in [0.2, 0.25) is 0 Å². The number of piperidine rings is 1. The predicted molar refractivity (Wildman–Crippen MR) is 92.9 cm³/mol. The largest absolute Gasteiger partial charge is 0.371 e. The fraction of sp³-hybridized carbons (Fsp3) is 0.647. The van der Waals surface area contributed by atoms with Crippen molar-refractivity contribution >= 4 is 21.6 Å². The predicted octanol–water partition coefficient (Wildman–Crippen LogP) is 3.23. The molecule has 3 rings (SSSR count). The van der Waals surface area contributed by atoms with E-state index < -0.39 is 0 Å². The van der Waals surface area contributed by atoms with E-state index in [0.29, 0.717) is 6.04 Å². The van der Waals surface area contributed by atoms with Gasteiger partial charge < -0.3 is 15.1 Å². The highest BCUT2D eigenvalue weighted by molar-refractivity contribution is 9.10. The Hall–Kier alpha value is -0.580. The van der Waals surface area contributed by atoms with E-state index in [4.69, 9.17) is 0 Å². The minimum atomic E-state index is 0.660. The van der Waals surface area contributed by atoms with E-state index >= 15 is 0 Å². The number of nitrogens with one attached hydrogen (secondary N) is 1. The fourth-order valence-electron chi connectivity index (χ4n) is 3.08. The van der Waals surface area contributed by atoms with Crippen molar-refractivity contribution in [1.29, 1.82) is 0 Å². The molecule has 21 heavy (non-hydrogen) atoms. The Kier molecular flexibility index (Phi) is 4.87. The summed E-state index contributed by atoms with van der Waals surface area (Å²) in [6.07, 6.45) is 5.20. The molecule has 0 radical (unpaired) electrons. The van der Waals surface area contributed by atoms with Crippen molar-refractivity contribution in [1.82, 2.24) is 10.2 Å². The van der Waals surface area contributed by atoms with Crippen LogP contribution in [0.25, 0.3) is 0 Å². The van der Waals surface area contributed by atoms with Crippen LogP contribution in [0.3, 0.4) is 0 Å². The van der Waals surface area contributed by atoms with Gasteiger partial charge in [0.25, 0.3) is 0 Å². The monoisotopic (exact) mass is 351 g/mol. The number of halogens is 1. The third kappa shape index (κ3) is 3.99. The number of hydrogen-bond acceptors (Lipinski definition) is 3. The molecule has 1 saturated carbocycles. The molecule has 2 aliphatic rings. The number of nitrogens with zero attached hydrogens (tertiary/aromatic N) is 2. The molecule has 2 fully saturated rings. The molecule has 0 bridgehead atoms. The zero-order valence-electron chi connectivity index (χ0n) is 13.1. The molecule has 0 atom stereocenters. The summed E-state index contributed by atoms with van der Waals surface area (Å²) in [7, 11) is 4.45. The molecule has 3 nitrogen and oxygen atoms in total. The second-order valence-electron chi connectivity index (χ2n) is 6.59. The van der Waals surface area contributed by atoms with Crippen LogP contribution in [0.15, 0.2) is 22.7 Å². The highest BCUT2D eigenvalue weighted by Crippen LogP contribution is 2.30. The number of rotatable bonds is 5. The lowest BCUT2D eigenvalue weighted by Crippen LogP contribution is -2.42. The first kappa shape index (κ1) is 15.3. The van der Waals surface area contributed by atoms with Crippen LogP contribution < -0.4 is 10.2 Å². The summed E-state index contributed by atoms with van der Waals surface area (Å²) < 4.78 is 1.22. The average molecular weight is 352 g/mol. The topological polar surface area (TPSA) is 18.5 Å². The second kappa shape index (κ2) is 6.67. The van der Waals surface area contributed by atoms with Gasteiger partial charge in [-0.1, -0.05) is 6.07 Å². The highest BCUT2D eigenvalue weighted by atomic mass is 79.9. The summed E-state index contributed by atoms with van der Waals surface area (Å²) in [6.45, 7) is 3.40.